The maximum absolute atomic E-state index is 12.6. The first-order chi connectivity index (χ1) is 11.0. The fourth-order valence-electron chi connectivity index (χ4n) is 2.96. The highest BCUT2D eigenvalue weighted by atomic mass is 35.5. The maximum atomic E-state index is 12.6. The molecule has 0 radical (unpaired) electrons. The second kappa shape index (κ2) is 6.20. The van der Waals surface area contributed by atoms with Crippen LogP contribution in [0, 0.1) is 11.8 Å². The van der Waals surface area contributed by atoms with Crippen LogP contribution in [0.4, 0.5) is 5.69 Å². The van der Waals surface area contributed by atoms with E-state index in [-0.39, 0.29) is 11.8 Å². The molecule has 1 saturated carbocycles. The van der Waals surface area contributed by atoms with Gasteiger partial charge in [0.15, 0.2) is 0 Å². The number of aliphatic carboxylic acids is 1. The molecule has 1 saturated heterocycles. The van der Waals surface area contributed by atoms with E-state index in [9.17, 15) is 14.4 Å². The van der Waals surface area contributed by atoms with Crippen LogP contribution in [0.3, 0.4) is 0 Å². The van der Waals surface area contributed by atoms with E-state index in [1.165, 1.54) is 0 Å². The molecule has 1 aliphatic carbocycles. The first-order valence-corrected chi connectivity index (χ1v) is 7.96. The van der Waals surface area contributed by atoms with Gasteiger partial charge in [-0.15, -0.1) is 0 Å². The van der Waals surface area contributed by atoms with Crippen molar-refractivity contribution in [3.8, 4) is 0 Å². The van der Waals surface area contributed by atoms with E-state index in [1.54, 1.807) is 29.2 Å². The van der Waals surface area contributed by atoms with Crippen LogP contribution in [0.2, 0.25) is 5.02 Å². The average Bonchev–Trinajstić information content (AvgIpc) is 3.31. The highest BCUT2D eigenvalue weighted by molar-refractivity contribution is 6.33. The number of hydrogen-bond acceptors (Lipinski definition) is 3. The molecule has 1 heterocycles. The molecular weight excluding hydrogens is 320 g/mol. The number of nitrogens with one attached hydrogen (secondary N) is 1. The summed E-state index contributed by atoms with van der Waals surface area (Å²) in [6.45, 7) is 0.552. The number of carboxylic acid groups (broad SMARTS) is 1. The quantitative estimate of drug-likeness (QED) is 0.875. The third-order valence-corrected chi connectivity index (χ3v) is 4.66. The molecule has 2 fully saturated rings. The summed E-state index contributed by atoms with van der Waals surface area (Å²) in [4.78, 5) is 37.1. The fourth-order valence-corrected chi connectivity index (χ4v) is 3.19. The van der Waals surface area contributed by atoms with Crippen LogP contribution in [0.5, 0.6) is 0 Å². The number of hydrogen-bond donors (Lipinski definition) is 2. The van der Waals surface area contributed by atoms with Gasteiger partial charge in [-0.3, -0.25) is 14.4 Å². The molecule has 1 aliphatic heterocycles. The van der Waals surface area contributed by atoms with Gasteiger partial charge in [0.2, 0.25) is 11.8 Å². The Morgan fingerprint density at radius 3 is 2.65 bits per heavy atom. The molecule has 2 amide bonds. The van der Waals surface area contributed by atoms with Gasteiger partial charge >= 0.3 is 5.97 Å². The summed E-state index contributed by atoms with van der Waals surface area (Å²) in [5, 5.41) is 12.1. The van der Waals surface area contributed by atoms with Gasteiger partial charge in [-0.2, -0.15) is 0 Å². The number of halogens is 1. The predicted molar refractivity (Wildman–Crippen MR) is 84.2 cm³/mol. The van der Waals surface area contributed by atoms with E-state index < -0.39 is 23.8 Å². The van der Waals surface area contributed by atoms with Crippen molar-refractivity contribution in [1.82, 2.24) is 5.32 Å². The van der Waals surface area contributed by atoms with Crippen LogP contribution in [0.1, 0.15) is 19.3 Å². The second-order valence-corrected chi connectivity index (χ2v) is 6.34. The Kier molecular flexibility index (Phi) is 4.26. The van der Waals surface area contributed by atoms with Gasteiger partial charge in [-0.05, 0) is 31.4 Å². The van der Waals surface area contributed by atoms with Gasteiger partial charge in [0.1, 0.15) is 6.04 Å². The number of carboxylic acids is 1. The number of para-hydroxylation sites is 1. The molecule has 2 N–H and O–H groups in total. The number of nitrogens with zero attached hydrogens (tertiary/aromatic N) is 1. The first kappa shape index (κ1) is 15.8. The minimum Gasteiger partial charge on any atom is -0.481 e. The molecule has 3 atom stereocenters. The van der Waals surface area contributed by atoms with Gasteiger partial charge in [0, 0.05) is 6.54 Å². The van der Waals surface area contributed by atoms with E-state index in [0.717, 1.165) is 6.42 Å². The Morgan fingerprint density at radius 2 is 2.00 bits per heavy atom. The molecule has 23 heavy (non-hydrogen) atoms. The van der Waals surface area contributed by atoms with Crippen LogP contribution in [-0.4, -0.2) is 35.5 Å². The molecule has 3 rings (SSSR count). The lowest BCUT2D eigenvalue weighted by atomic mass is 10.0. The van der Waals surface area contributed by atoms with Gasteiger partial charge in [0.25, 0.3) is 0 Å². The maximum Gasteiger partial charge on any atom is 0.307 e. The zero-order valence-corrected chi connectivity index (χ0v) is 13.1. The van der Waals surface area contributed by atoms with Gasteiger partial charge in [-0.1, -0.05) is 23.7 Å². The smallest absolute Gasteiger partial charge is 0.307 e. The van der Waals surface area contributed by atoms with Crippen LogP contribution in [0.15, 0.2) is 24.3 Å². The summed E-state index contributed by atoms with van der Waals surface area (Å²) in [6, 6.07) is 6.46. The molecule has 0 spiro atoms. The summed E-state index contributed by atoms with van der Waals surface area (Å²) >= 11 is 6.14. The normalized spacial score (nSPS) is 26.7. The highest BCUT2D eigenvalue weighted by Crippen LogP contribution is 2.39. The van der Waals surface area contributed by atoms with E-state index in [1.807, 2.05) is 0 Å². The number of piperidine rings is 1. The SMILES string of the molecule is O=C(O)[C@@H]1C[C@H]1C(=O)N[C@@H]1CCCN(c2ccccc2Cl)C1=O. The summed E-state index contributed by atoms with van der Waals surface area (Å²) < 4.78 is 0. The Balaban J connectivity index is 1.67. The number of anilines is 1. The molecule has 1 aromatic carbocycles. The molecule has 0 unspecified atom stereocenters. The fraction of sp³-hybridized carbons (Fsp3) is 0.438. The van der Waals surface area contributed by atoms with Crippen molar-refractivity contribution in [1.29, 1.82) is 0 Å². The van der Waals surface area contributed by atoms with E-state index >= 15 is 0 Å². The lowest BCUT2D eigenvalue weighted by molar-refractivity contribution is -0.140. The summed E-state index contributed by atoms with van der Waals surface area (Å²) in [6.07, 6.45) is 1.64. The number of benzene rings is 1. The summed E-state index contributed by atoms with van der Waals surface area (Å²) in [5.74, 6) is -2.65. The van der Waals surface area contributed by atoms with E-state index in [4.69, 9.17) is 16.7 Å². The number of rotatable bonds is 4. The number of amides is 2. The van der Waals surface area contributed by atoms with E-state index in [0.29, 0.717) is 30.1 Å². The Labute approximate surface area is 138 Å². The van der Waals surface area contributed by atoms with Gasteiger partial charge in [-0.25, -0.2) is 0 Å². The van der Waals surface area contributed by atoms with Crippen molar-refractivity contribution in [2.75, 3.05) is 11.4 Å². The third-order valence-electron chi connectivity index (χ3n) is 4.34. The van der Waals surface area contributed by atoms with Crippen LogP contribution in [-0.2, 0) is 14.4 Å². The minimum absolute atomic E-state index is 0.203. The topological polar surface area (TPSA) is 86.7 Å². The molecule has 2 aliphatic rings. The van der Waals surface area contributed by atoms with Crippen LogP contribution >= 0.6 is 11.6 Å². The Hall–Kier alpha value is -2.08. The lowest BCUT2D eigenvalue weighted by Crippen LogP contribution is -2.53. The molecule has 0 aromatic heterocycles. The van der Waals surface area contributed by atoms with E-state index in [2.05, 4.69) is 5.32 Å². The molecule has 1 aromatic rings. The molecular formula is C16H17ClN2O4. The summed E-state index contributed by atoms with van der Waals surface area (Å²) in [5.41, 5.74) is 0.632. The second-order valence-electron chi connectivity index (χ2n) is 5.93. The third kappa shape index (κ3) is 3.17. The largest absolute Gasteiger partial charge is 0.481 e. The molecule has 122 valence electrons. The predicted octanol–water partition coefficient (Wildman–Crippen LogP) is 1.67. The van der Waals surface area contributed by atoms with Crippen molar-refractivity contribution >= 4 is 35.1 Å². The summed E-state index contributed by atoms with van der Waals surface area (Å²) in [7, 11) is 0. The molecule has 6 nitrogen and oxygen atoms in total. The molecule has 0 bridgehead atoms. The Bertz CT molecular complexity index is 663. The Morgan fingerprint density at radius 1 is 1.26 bits per heavy atom. The molecule has 7 heteroatoms. The average molecular weight is 337 g/mol. The van der Waals surface area contributed by atoms with Crippen molar-refractivity contribution < 1.29 is 19.5 Å². The van der Waals surface area contributed by atoms with Crippen molar-refractivity contribution in [2.24, 2.45) is 11.8 Å². The van der Waals surface area contributed by atoms with Crippen LogP contribution < -0.4 is 10.2 Å². The van der Waals surface area contributed by atoms with Crippen molar-refractivity contribution in [3.05, 3.63) is 29.3 Å². The standard InChI is InChI=1S/C16H17ClN2O4/c17-11-4-1-2-6-13(11)19-7-3-5-12(15(19)21)18-14(20)9-8-10(9)16(22)23/h1-2,4,6,9-10,12H,3,5,7-8H2,(H,18,20)(H,22,23)/t9-,10-,12-/m1/s1. The lowest BCUT2D eigenvalue weighted by Gasteiger charge is -2.33. The van der Waals surface area contributed by atoms with Crippen molar-refractivity contribution in [2.45, 2.75) is 25.3 Å². The zero-order chi connectivity index (χ0) is 16.6. The highest BCUT2D eigenvalue weighted by Gasteiger charge is 2.49. The first-order valence-electron chi connectivity index (χ1n) is 7.58. The van der Waals surface area contributed by atoms with Crippen LogP contribution in [0.25, 0.3) is 0 Å². The van der Waals surface area contributed by atoms with Gasteiger partial charge in [0.05, 0.1) is 22.5 Å². The number of carbonyl (C=O) groups is 3. The monoisotopic (exact) mass is 336 g/mol. The van der Waals surface area contributed by atoms with Crippen molar-refractivity contribution in [3.63, 3.8) is 0 Å². The van der Waals surface area contributed by atoms with Gasteiger partial charge < -0.3 is 15.3 Å². The minimum atomic E-state index is -0.960. The zero-order valence-electron chi connectivity index (χ0n) is 12.4. The number of carbonyl (C=O) groups excluding carboxylic acids is 2.